The zero-order valence-electron chi connectivity index (χ0n) is 10.2. The number of nitro benzene ring substituents is 1. The van der Waals surface area contributed by atoms with E-state index in [1.54, 1.807) is 0 Å². The maximum atomic E-state index is 10.8. The minimum absolute atomic E-state index is 0.0125. The van der Waals surface area contributed by atoms with E-state index in [0.717, 1.165) is 0 Å². The Morgan fingerprint density at radius 3 is 2.43 bits per heavy atom. The SMILES string of the molecule is O=C(O)c1ccc(Oc2cc([N+](=O)[O-])ccc2Cl)cc1Cl. The van der Waals surface area contributed by atoms with Crippen LogP contribution in [0.2, 0.25) is 10.0 Å². The van der Waals surface area contributed by atoms with E-state index in [-0.39, 0.29) is 32.8 Å². The molecular formula is C13H7Cl2NO5. The van der Waals surface area contributed by atoms with Gasteiger partial charge in [-0.3, -0.25) is 10.1 Å². The van der Waals surface area contributed by atoms with Crippen molar-refractivity contribution in [2.45, 2.75) is 0 Å². The summed E-state index contributed by atoms with van der Waals surface area (Å²) in [4.78, 5) is 21.0. The molecular weight excluding hydrogens is 321 g/mol. The molecule has 0 bridgehead atoms. The van der Waals surface area contributed by atoms with Crippen LogP contribution in [0.25, 0.3) is 0 Å². The van der Waals surface area contributed by atoms with Gasteiger partial charge in [0, 0.05) is 12.1 Å². The van der Waals surface area contributed by atoms with E-state index in [4.69, 9.17) is 33.0 Å². The van der Waals surface area contributed by atoms with Crippen LogP contribution in [0.15, 0.2) is 36.4 Å². The number of rotatable bonds is 4. The van der Waals surface area contributed by atoms with Gasteiger partial charge < -0.3 is 9.84 Å². The fourth-order valence-corrected chi connectivity index (χ4v) is 1.95. The second-order valence-electron chi connectivity index (χ2n) is 3.92. The standard InChI is InChI=1S/C13H7Cl2NO5/c14-10-4-1-7(16(19)20)5-12(10)21-8-2-3-9(13(17)18)11(15)6-8/h1-6H,(H,17,18). The molecule has 0 fully saturated rings. The summed E-state index contributed by atoms with van der Waals surface area (Å²) in [7, 11) is 0. The smallest absolute Gasteiger partial charge is 0.337 e. The Hall–Kier alpha value is -2.31. The summed E-state index contributed by atoms with van der Waals surface area (Å²) >= 11 is 11.7. The number of benzene rings is 2. The number of aromatic carboxylic acids is 1. The highest BCUT2D eigenvalue weighted by molar-refractivity contribution is 6.33. The second kappa shape index (κ2) is 5.99. The molecule has 6 nitrogen and oxygen atoms in total. The van der Waals surface area contributed by atoms with Crippen LogP contribution in [0.1, 0.15) is 10.4 Å². The van der Waals surface area contributed by atoms with Crippen molar-refractivity contribution >= 4 is 34.9 Å². The van der Waals surface area contributed by atoms with Crippen LogP contribution in [0.4, 0.5) is 5.69 Å². The van der Waals surface area contributed by atoms with Gasteiger partial charge in [0.05, 0.1) is 26.6 Å². The maximum absolute atomic E-state index is 10.8. The minimum Gasteiger partial charge on any atom is -0.478 e. The molecule has 0 atom stereocenters. The first kappa shape index (κ1) is 15.1. The van der Waals surface area contributed by atoms with E-state index in [9.17, 15) is 14.9 Å². The second-order valence-corrected chi connectivity index (χ2v) is 4.74. The van der Waals surface area contributed by atoms with Gasteiger partial charge in [-0.25, -0.2) is 4.79 Å². The van der Waals surface area contributed by atoms with Gasteiger partial charge in [-0.1, -0.05) is 23.2 Å². The van der Waals surface area contributed by atoms with E-state index < -0.39 is 10.9 Å². The molecule has 1 N–H and O–H groups in total. The largest absolute Gasteiger partial charge is 0.478 e. The number of ether oxygens (including phenoxy) is 1. The molecule has 0 spiro atoms. The molecule has 2 aromatic rings. The maximum Gasteiger partial charge on any atom is 0.337 e. The minimum atomic E-state index is -1.17. The van der Waals surface area contributed by atoms with Crippen molar-refractivity contribution in [2.75, 3.05) is 0 Å². The van der Waals surface area contributed by atoms with Gasteiger partial charge in [-0.2, -0.15) is 0 Å². The fraction of sp³-hybridized carbons (Fsp3) is 0. The monoisotopic (exact) mass is 327 g/mol. The third-order valence-electron chi connectivity index (χ3n) is 2.52. The predicted octanol–water partition coefficient (Wildman–Crippen LogP) is 4.39. The number of nitrogens with zero attached hydrogens (tertiary/aromatic N) is 1. The highest BCUT2D eigenvalue weighted by Crippen LogP contribution is 2.34. The molecule has 8 heteroatoms. The molecule has 0 radical (unpaired) electrons. The van der Waals surface area contributed by atoms with E-state index >= 15 is 0 Å². The van der Waals surface area contributed by atoms with E-state index in [2.05, 4.69) is 0 Å². The Labute approximate surface area is 128 Å². The first-order valence-corrected chi connectivity index (χ1v) is 6.28. The van der Waals surface area contributed by atoms with E-state index in [1.165, 1.54) is 36.4 Å². The average molecular weight is 328 g/mol. The summed E-state index contributed by atoms with van der Waals surface area (Å²) in [6.07, 6.45) is 0. The number of hydrogen-bond donors (Lipinski definition) is 1. The van der Waals surface area contributed by atoms with Crippen molar-refractivity contribution in [2.24, 2.45) is 0 Å². The molecule has 0 saturated carbocycles. The lowest BCUT2D eigenvalue weighted by Crippen LogP contribution is -1.97. The summed E-state index contributed by atoms with van der Waals surface area (Å²) in [5.41, 5.74) is -0.253. The lowest BCUT2D eigenvalue weighted by Gasteiger charge is -2.08. The van der Waals surface area contributed by atoms with Gasteiger partial charge in [0.15, 0.2) is 5.75 Å². The molecule has 0 unspecified atom stereocenters. The highest BCUT2D eigenvalue weighted by Gasteiger charge is 2.13. The molecule has 0 heterocycles. The van der Waals surface area contributed by atoms with Crippen molar-refractivity contribution < 1.29 is 19.6 Å². The number of non-ortho nitro benzene ring substituents is 1. The van der Waals surface area contributed by atoms with Crippen molar-refractivity contribution in [1.29, 1.82) is 0 Å². The molecule has 0 amide bonds. The van der Waals surface area contributed by atoms with E-state index in [1.807, 2.05) is 0 Å². The van der Waals surface area contributed by atoms with Gasteiger partial charge >= 0.3 is 5.97 Å². The number of nitro groups is 1. The molecule has 0 aliphatic heterocycles. The quantitative estimate of drug-likeness (QED) is 0.664. The van der Waals surface area contributed by atoms with Crippen LogP contribution >= 0.6 is 23.2 Å². The van der Waals surface area contributed by atoms with Gasteiger partial charge in [0.25, 0.3) is 5.69 Å². The van der Waals surface area contributed by atoms with E-state index in [0.29, 0.717) is 0 Å². The molecule has 0 aromatic heterocycles. The van der Waals surface area contributed by atoms with Crippen molar-refractivity contribution in [3.8, 4) is 11.5 Å². The number of carbonyl (C=O) groups is 1. The topological polar surface area (TPSA) is 89.7 Å². The zero-order valence-corrected chi connectivity index (χ0v) is 11.8. The third kappa shape index (κ3) is 3.42. The Morgan fingerprint density at radius 2 is 1.86 bits per heavy atom. The summed E-state index contributed by atoms with van der Waals surface area (Å²) in [6, 6.07) is 7.69. The van der Waals surface area contributed by atoms with Gasteiger partial charge in [-0.05, 0) is 18.2 Å². The van der Waals surface area contributed by atoms with Gasteiger partial charge in [0.1, 0.15) is 5.75 Å². The van der Waals surface area contributed by atoms with Crippen molar-refractivity contribution in [3.63, 3.8) is 0 Å². The Bertz CT molecular complexity index is 732. The molecule has 2 aromatic carbocycles. The van der Waals surface area contributed by atoms with Gasteiger partial charge in [-0.15, -0.1) is 0 Å². The van der Waals surface area contributed by atoms with Crippen LogP contribution in [0.3, 0.4) is 0 Å². The highest BCUT2D eigenvalue weighted by atomic mass is 35.5. The first-order chi connectivity index (χ1) is 9.88. The van der Waals surface area contributed by atoms with Crippen LogP contribution in [0.5, 0.6) is 11.5 Å². The Balaban J connectivity index is 2.34. The lowest BCUT2D eigenvalue weighted by molar-refractivity contribution is -0.384. The molecule has 0 saturated heterocycles. The molecule has 0 aliphatic carbocycles. The lowest BCUT2D eigenvalue weighted by atomic mass is 10.2. The van der Waals surface area contributed by atoms with Gasteiger partial charge in [0.2, 0.25) is 0 Å². The molecule has 2 rings (SSSR count). The molecule has 0 aliphatic rings. The zero-order chi connectivity index (χ0) is 15.6. The van der Waals surface area contributed by atoms with Crippen LogP contribution in [-0.4, -0.2) is 16.0 Å². The number of hydrogen-bond acceptors (Lipinski definition) is 4. The number of carboxylic acid groups (broad SMARTS) is 1. The number of carboxylic acids is 1. The summed E-state index contributed by atoms with van der Waals surface area (Å²) in [5, 5.41) is 19.7. The molecule has 108 valence electrons. The fourth-order valence-electron chi connectivity index (χ4n) is 1.54. The summed E-state index contributed by atoms with van der Waals surface area (Å²) in [5.74, 6) is -0.877. The van der Waals surface area contributed by atoms with Crippen LogP contribution in [-0.2, 0) is 0 Å². The van der Waals surface area contributed by atoms with Crippen LogP contribution in [0, 0.1) is 10.1 Å². The summed E-state index contributed by atoms with van der Waals surface area (Å²) in [6.45, 7) is 0. The Kier molecular flexibility index (Phi) is 4.30. The normalized spacial score (nSPS) is 10.2. The summed E-state index contributed by atoms with van der Waals surface area (Å²) < 4.78 is 5.40. The third-order valence-corrected chi connectivity index (χ3v) is 3.15. The van der Waals surface area contributed by atoms with Crippen molar-refractivity contribution in [1.82, 2.24) is 0 Å². The first-order valence-electron chi connectivity index (χ1n) is 5.53. The Morgan fingerprint density at radius 1 is 1.14 bits per heavy atom. The van der Waals surface area contributed by atoms with Crippen LogP contribution < -0.4 is 4.74 Å². The average Bonchev–Trinajstić information content (AvgIpc) is 2.40. The predicted molar refractivity (Wildman–Crippen MR) is 76.6 cm³/mol. The van der Waals surface area contributed by atoms with Crippen molar-refractivity contribution in [3.05, 3.63) is 62.1 Å². The number of halogens is 2. The molecule has 21 heavy (non-hydrogen) atoms.